The quantitative estimate of drug-likeness (QED) is 0.667. The van der Waals surface area contributed by atoms with Gasteiger partial charge < -0.3 is 21.1 Å². The third-order valence-corrected chi connectivity index (χ3v) is 3.30. The molecule has 120 valence electrons. The Morgan fingerprint density at radius 3 is 2.64 bits per heavy atom. The molecule has 0 saturated carbocycles. The summed E-state index contributed by atoms with van der Waals surface area (Å²) >= 11 is 0. The van der Waals surface area contributed by atoms with Gasteiger partial charge in [0, 0.05) is 23.3 Å². The van der Waals surface area contributed by atoms with Gasteiger partial charge in [-0.25, -0.2) is 0 Å². The number of β-amino-alcohol motifs (C(OH)–C–C–N with tert-alkyl or cyclic N) is 1. The fourth-order valence-corrected chi connectivity index (χ4v) is 2.30. The highest BCUT2D eigenvalue weighted by Crippen LogP contribution is 2.14. The number of carbonyl (C=O) groups is 2. The van der Waals surface area contributed by atoms with E-state index in [4.69, 9.17) is 0 Å². The van der Waals surface area contributed by atoms with E-state index in [1.807, 2.05) is 20.8 Å². The molecule has 2 atom stereocenters. The van der Waals surface area contributed by atoms with Crippen molar-refractivity contribution in [3.8, 4) is 0 Å². The largest absolute Gasteiger partial charge is 0.392 e. The first kappa shape index (κ1) is 16.5. The van der Waals surface area contributed by atoms with Gasteiger partial charge in [0.1, 0.15) is 0 Å². The van der Waals surface area contributed by atoms with Crippen LogP contribution in [-0.4, -0.2) is 41.2 Å². The molecular weight excluding hydrogens is 282 g/mol. The van der Waals surface area contributed by atoms with Gasteiger partial charge in [-0.2, -0.15) is 0 Å². The molecule has 2 rings (SSSR count). The van der Waals surface area contributed by atoms with Crippen LogP contribution in [0.15, 0.2) is 24.3 Å². The fourth-order valence-electron chi connectivity index (χ4n) is 2.30. The summed E-state index contributed by atoms with van der Waals surface area (Å²) in [5.74, 6) is -0.386. The molecule has 1 aromatic rings. The van der Waals surface area contributed by atoms with Crippen molar-refractivity contribution < 1.29 is 14.7 Å². The van der Waals surface area contributed by atoms with Crippen LogP contribution in [0.3, 0.4) is 0 Å². The number of rotatable bonds is 3. The summed E-state index contributed by atoms with van der Waals surface area (Å²) in [4.78, 5) is 24.2. The summed E-state index contributed by atoms with van der Waals surface area (Å²) in [6, 6.07) is 6.40. The Kier molecular flexibility index (Phi) is 4.83. The third kappa shape index (κ3) is 4.54. The number of aliphatic hydroxyl groups is 1. The van der Waals surface area contributed by atoms with Crippen LogP contribution in [0.2, 0.25) is 0 Å². The van der Waals surface area contributed by atoms with Crippen LogP contribution < -0.4 is 16.0 Å². The molecule has 1 heterocycles. The molecule has 0 bridgehead atoms. The number of hydrogen-bond donors (Lipinski definition) is 4. The zero-order valence-corrected chi connectivity index (χ0v) is 13.1. The molecule has 0 spiro atoms. The van der Waals surface area contributed by atoms with Gasteiger partial charge in [0.25, 0.3) is 5.91 Å². The molecule has 0 radical (unpaired) electrons. The number of aliphatic hydroxyl groups excluding tert-OH is 1. The van der Waals surface area contributed by atoms with E-state index in [2.05, 4.69) is 16.0 Å². The number of benzene rings is 1. The normalized spacial score (nSPS) is 21.5. The minimum atomic E-state index is -0.486. The molecule has 0 aromatic heterocycles. The van der Waals surface area contributed by atoms with E-state index in [1.165, 1.54) is 0 Å². The Labute approximate surface area is 130 Å². The molecule has 6 nitrogen and oxygen atoms in total. The highest BCUT2D eigenvalue weighted by molar-refractivity contribution is 5.98. The van der Waals surface area contributed by atoms with E-state index in [-0.39, 0.29) is 17.4 Å². The van der Waals surface area contributed by atoms with Gasteiger partial charge in [-0.15, -0.1) is 0 Å². The van der Waals surface area contributed by atoms with Gasteiger partial charge in [0.2, 0.25) is 5.91 Å². The Hall–Kier alpha value is -1.92. The van der Waals surface area contributed by atoms with Gasteiger partial charge in [0.05, 0.1) is 12.1 Å². The number of hydrogen-bond acceptors (Lipinski definition) is 4. The van der Waals surface area contributed by atoms with Crippen molar-refractivity contribution in [1.82, 2.24) is 10.6 Å². The molecule has 2 unspecified atom stereocenters. The lowest BCUT2D eigenvalue weighted by molar-refractivity contribution is -0.117. The third-order valence-electron chi connectivity index (χ3n) is 3.30. The predicted molar refractivity (Wildman–Crippen MR) is 84.7 cm³/mol. The molecule has 2 amide bonds. The monoisotopic (exact) mass is 305 g/mol. The molecule has 1 aliphatic heterocycles. The minimum Gasteiger partial charge on any atom is -0.392 e. The van der Waals surface area contributed by atoms with Crippen LogP contribution in [0.5, 0.6) is 0 Å². The molecule has 1 saturated heterocycles. The fraction of sp³-hybridized carbons (Fsp3) is 0.500. The van der Waals surface area contributed by atoms with Crippen molar-refractivity contribution in [1.29, 1.82) is 0 Å². The Morgan fingerprint density at radius 1 is 1.32 bits per heavy atom. The maximum Gasteiger partial charge on any atom is 0.251 e. The smallest absolute Gasteiger partial charge is 0.251 e. The zero-order valence-electron chi connectivity index (χ0n) is 13.1. The lowest BCUT2D eigenvalue weighted by atomic mass is 10.1. The van der Waals surface area contributed by atoms with Crippen LogP contribution in [0.4, 0.5) is 5.69 Å². The van der Waals surface area contributed by atoms with Gasteiger partial charge in [-0.05, 0) is 45.4 Å². The molecule has 4 N–H and O–H groups in total. The molecule has 6 heteroatoms. The number of amides is 2. The summed E-state index contributed by atoms with van der Waals surface area (Å²) < 4.78 is 0. The van der Waals surface area contributed by atoms with Gasteiger partial charge >= 0.3 is 0 Å². The first-order chi connectivity index (χ1) is 10.2. The molecule has 0 aliphatic carbocycles. The first-order valence-electron chi connectivity index (χ1n) is 7.39. The van der Waals surface area contributed by atoms with E-state index >= 15 is 0 Å². The summed E-state index contributed by atoms with van der Waals surface area (Å²) in [6.07, 6.45) is -0.0876. The van der Waals surface area contributed by atoms with Crippen LogP contribution in [0.1, 0.15) is 37.6 Å². The number of nitrogens with one attached hydrogen (secondary N) is 3. The maximum absolute atomic E-state index is 12.1. The summed E-state index contributed by atoms with van der Waals surface area (Å²) in [5.41, 5.74) is 0.738. The van der Waals surface area contributed by atoms with Crippen LogP contribution >= 0.6 is 0 Å². The van der Waals surface area contributed by atoms with Gasteiger partial charge in [-0.1, -0.05) is 6.07 Å². The minimum absolute atomic E-state index is 0.182. The van der Waals surface area contributed by atoms with Crippen molar-refractivity contribution >= 4 is 17.5 Å². The second-order valence-corrected chi connectivity index (χ2v) is 6.62. The van der Waals surface area contributed by atoms with Crippen LogP contribution in [-0.2, 0) is 4.79 Å². The van der Waals surface area contributed by atoms with Gasteiger partial charge in [0.15, 0.2) is 0 Å². The second kappa shape index (κ2) is 6.46. The van der Waals surface area contributed by atoms with E-state index in [0.29, 0.717) is 24.2 Å². The summed E-state index contributed by atoms with van der Waals surface area (Å²) in [6.45, 7) is 6.15. The standard InChI is InChI=1S/C16H23N3O3/c1-16(2,3)19-14(21)10-5-4-6-11(7-10)18-15(22)13-8-12(20)9-17-13/h4-7,12-13,17,20H,8-9H2,1-3H3,(H,18,22)(H,19,21). The van der Waals surface area contributed by atoms with Crippen molar-refractivity contribution in [2.45, 2.75) is 44.9 Å². The average Bonchev–Trinajstić information content (AvgIpc) is 2.84. The highest BCUT2D eigenvalue weighted by Gasteiger charge is 2.28. The van der Waals surface area contributed by atoms with Crippen LogP contribution in [0, 0.1) is 0 Å². The number of anilines is 1. The lowest BCUT2D eigenvalue weighted by Gasteiger charge is -2.20. The Bertz CT molecular complexity index is 566. The van der Waals surface area contributed by atoms with Crippen molar-refractivity contribution in [2.24, 2.45) is 0 Å². The topological polar surface area (TPSA) is 90.5 Å². The maximum atomic E-state index is 12.1. The average molecular weight is 305 g/mol. The van der Waals surface area contributed by atoms with E-state index in [1.54, 1.807) is 24.3 Å². The predicted octanol–water partition coefficient (Wildman–Crippen LogP) is 0.876. The van der Waals surface area contributed by atoms with Crippen LogP contribution in [0.25, 0.3) is 0 Å². The number of carbonyl (C=O) groups excluding carboxylic acids is 2. The zero-order chi connectivity index (χ0) is 16.3. The summed E-state index contributed by atoms with van der Waals surface area (Å²) in [5, 5.41) is 18.0. The van der Waals surface area contributed by atoms with E-state index in [0.717, 1.165) is 0 Å². The SMILES string of the molecule is CC(C)(C)NC(=O)c1cccc(NC(=O)C2CC(O)CN2)c1. The Morgan fingerprint density at radius 2 is 2.05 bits per heavy atom. The lowest BCUT2D eigenvalue weighted by Crippen LogP contribution is -2.40. The summed E-state index contributed by atoms with van der Waals surface area (Å²) in [7, 11) is 0. The molecule has 1 aromatic carbocycles. The van der Waals surface area contributed by atoms with Crippen molar-refractivity contribution in [2.75, 3.05) is 11.9 Å². The van der Waals surface area contributed by atoms with Crippen molar-refractivity contribution in [3.05, 3.63) is 29.8 Å². The first-order valence-corrected chi connectivity index (χ1v) is 7.39. The van der Waals surface area contributed by atoms with Gasteiger partial charge in [-0.3, -0.25) is 9.59 Å². The second-order valence-electron chi connectivity index (χ2n) is 6.62. The van der Waals surface area contributed by atoms with E-state index in [9.17, 15) is 14.7 Å². The molecule has 1 fully saturated rings. The van der Waals surface area contributed by atoms with Crippen molar-refractivity contribution in [3.63, 3.8) is 0 Å². The highest BCUT2D eigenvalue weighted by atomic mass is 16.3. The molecule has 22 heavy (non-hydrogen) atoms. The van der Waals surface area contributed by atoms with E-state index < -0.39 is 12.1 Å². The molecular formula is C16H23N3O3. The molecule has 1 aliphatic rings. The Balaban J connectivity index is 2.02.